The number of rotatable bonds is 4. The third-order valence-electron chi connectivity index (χ3n) is 4.25. The normalized spacial score (nSPS) is 13.5. The molecule has 1 aliphatic heterocycles. The van der Waals surface area contributed by atoms with Crippen LogP contribution in [0.3, 0.4) is 0 Å². The molecule has 3 amide bonds. The van der Waals surface area contributed by atoms with Crippen molar-refractivity contribution in [2.75, 3.05) is 23.3 Å². The number of hydrogen-bond acceptors (Lipinski definition) is 3. The van der Waals surface area contributed by atoms with E-state index < -0.39 is 0 Å². The summed E-state index contributed by atoms with van der Waals surface area (Å²) < 4.78 is 0. The van der Waals surface area contributed by atoms with E-state index in [2.05, 4.69) is 22.1 Å². The first-order valence-electron chi connectivity index (χ1n) is 8.30. The van der Waals surface area contributed by atoms with E-state index in [0.717, 1.165) is 22.5 Å². The van der Waals surface area contributed by atoms with Gasteiger partial charge in [0.1, 0.15) is 0 Å². The first-order valence-corrected chi connectivity index (χ1v) is 9.24. The highest BCUT2D eigenvalue weighted by Gasteiger charge is 2.21. The molecule has 26 heavy (non-hydrogen) atoms. The summed E-state index contributed by atoms with van der Waals surface area (Å²) in [5.74, 6) is -0.200. The van der Waals surface area contributed by atoms with Crippen molar-refractivity contribution in [3.8, 4) is 11.1 Å². The maximum atomic E-state index is 12.6. The third-order valence-corrected chi connectivity index (χ3v) is 4.93. The van der Waals surface area contributed by atoms with Crippen molar-refractivity contribution in [3.05, 3.63) is 70.9 Å². The van der Waals surface area contributed by atoms with Crippen LogP contribution in [0.25, 0.3) is 11.1 Å². The topological polar surface area (TPSA) is 61.4 Å². The second-order valence-corrected chi connectivity index (χ2v) is 6.76. The van der Waals surface area contributed by atoms with Gasteiger partial charge in [0, 0.05) is 30.0 Å². The molecule has 130 valence electrons. The van der Waals surface area contributed by atoms with Gasteiger partial charge < -0.3 is 10.6 Å². The summed E-state index contributed by atoms with van der Waals surface area (Å²) in [6.07, 6.45) is 0. The number of amides is 3. The van der Waals surface area contributed by atoms with Crippen molar-refractivity contribution < 1.29 is 9.59 Å². The number of benzene rings is 2. The molecule has 0 spiro atoms. The average Bonchev–Trinajstić information content (AvgIpc) is 3.34. The largest absolute Gasteiger partial charge is 0.336 e. The van der Waals surface area contributed by atoms with Crippen molar-refractivity contribution in [1.29, 1.82) is 0 Å². The van der Waals surface area contributed by atoms with Crippen molar-refractivity contribution in [2.45, 2.75) is 0 Å². The first kappa shape index (κ1) is 16.4. The number of thiophene rings is 1. The van der Waals surface area contributed by atoms with Gasteiger partial charge in [-0.05, 0) is 58.3 Å². The van der Waals surface area contributed by atoms with Crippen LogP contribution in [0, 0.1) is 0 Å². The number of nitrogens with zero attached hydrogens (tertiary/aromatic N) is 1. The molecule has 5 nitrogen and oxygen atoms in total. The smallest absolute Gasteiger partial charge is 0.321 e. The van der Waals surface area contributed by atoms with E-state index in [9.17, 15) is 9.59 Å². The van der Waals surface area contributed by atoms with Crippen LogP contribution in [0.1, 0.15) is 10.4 Å². The first-order chi connectivity index (χ1) is 12.7. The van der Waals surface area contributed by atoms with E-state index in [1.54, 1.807) is 34.4 Å². The summed E-state index contributed by atoms with van der Waals surface area (Å²) in [4.78, 5) is 26.1. The van der Waals surface area contributed by atoms with Gasteiger partial charge >= 0.3 is 6.03 Å². The Kier molecular flexibility index (Phi) is 4.41. The molecule has 6 heteroatoms. The Bertz CT molecular complexity index is 953. The van der Waals surface area contributed by atoms with Gasteiger partial charge in [-0.3, -0.25) is 9.69 Å². The third kappa shape index (κ3) is 3.32. The maximum absolute atomic E-state index is 12.6. The molecular formula is C20H17N3O2S. The lowest BCUT2D eigenvalue weighted by atomic mass is 10.1. The van der Waals surface area contributed by atoms with E-state index >= 15 is 0 Å². The van der Waals surface area contributed by atoms with Crippen molar-refractivity contribution in [1.82, 2.24) is 5.32 Å². The van der Waals surface area contributed by atoms with Gasteiger partial charge in [0.15, 0.2) is 0 Å². The van der Waals surface area contributed by atoms with Gasteiger partial charge in [-0.1, -0.05) is 18.2 Å². The highest BCUT2D eigenvalue weighted by atomic mass is 32.1. The minimum Gasteiger partial charge on any atom is -0.336 e. The average molecular weight is 363 g/mol. The molecule has 0 atom stereocenters. The van der Waals surface area contributed by atoms with Crippen LogP contribution in [0.5, 0.6) is 0 Å². The van der Waals surface area contributed by atoms with Crippen LogP contribution < -0.4 is 15.5 Å². The van der Waals surface area contributed by atoms with Gasteiger partial charge in [0.2, 0.25) is 0 Å². The van der Waals surface area contributed by atoms with Gasteiger partial charge in [-0.2, -0.15) is 11.3 Å². The monoisotopic (exact) mass is 363 g/mol. The predicted molar refractivity (Wildman–Crippen MR) is 105 cm³/mol. The summed E-state index contributed by atoms with van der Waals surface area (Å²) in [5, 5.41) is 9.80. The Labute approximate surface area is 155 Å². The number of hydrogen-bond donors (Lipinski definition) is 2. The summed E-state index contributed by atoms with van der Waals surface area (Å²) in [5.41, 5.74) is 4.17. The number of carbonyl (C=O) groups excluding carboxylic acids is 2. The molecule has 0 saturated carbocycles. The fourth-order valence-corrected chi connectivity index (χ4v) is 3.61. The highest BCUT2D eigenvalue weighted by Crippen LogP contribution is 2.25. The molecule has 3 aromatic rings. The Balaban J connectivity index is 1.54. The Morgan fingerprint density at radius 1 is 1.08 bits per heavy atom. The molecule has 2 N–H and O–H groups in total. The van der Waals surface area contributed by atoms with E-state index in [1.807, 2.05) is 35.7 Å². The second kappa shape index (κ2) is 7.01. The van der Waals surface area contributed by atoms with Crippen LogP contribution in [-0.4, -0.2) is 25.0 Å². The molecule has 2 heterocycles. The molecule has 0 unspecified atom stereocenters. The summed E-state index contributed by atoms with van der Waals surface area (Å²) >= 11 is 1.64. The Morgan fingerprint density at radius 3 is 2.73 bits per heavy atom. The maximum Gasteiger partial charge on any atom is 0.321 e. The van der Waals surface area contributed by atoms with Crippen LogP contribution in [0.2, 0.25) is 0 Å². The molecule has 1 aliphatic rings. The lowest BCUT2D eigenvalue weighted by Gasteiger charge is -2.15. The minimum absolute atomic E-state index is 0.133. The number of anilines is 2. The molecule has 4 rings (SSSR count). The van der Waals surface area contributed by atoms with Gasteiger partial charge in [0.25, 0.3) is 5.91 Å². The fourth-order valence-electron chi connectivity index (χ4n) is 2.94. The molecule has 0 radical (unpaired) electrons. The summed E-state index contributed by atoms with van der Waals surface area (Å²) in [6, 6.07) is 16.8. The summed E-state index contributed by atoms with van der Waals surface area (Å²) in [6.45, 7) is 1.22. The zero-order valence-electron chi connectivity index (χ0n) is 13.9. The molecule has 1 fully saturated rings. The highest BCUT2D eigenvalue weighted by molar-refractivity contribution is 7.08. The summed E-state index contributed by atoms with van der Waals surface area (Å²) in [7, 11) is 0. The van der Waals surface area contributed by atoms with Gasteiger partial charge in [0.05, 0.1) is 0 Å². The fraction of sp³-hybridized carbons (Fsp3) is 0.100. The number of urea groups is 1. The van der Waals surface area contributed by atoms with Crippen molar-refractivity contribution in [3.63, 3.8) is 0 Å². The molecule has 2 aromatic carbocycles. The van der Waals surface area contributed by atoms with E-state index in [4.69, 9.17) is 0 Å². The van der Waals surface area contributed by atoms with Gasteiger partial charge in [-0.25, -0.2) is 4.79 Å². The molecule has 0 aliphatic carbocycles. The Morgan fingerprint density at radius 2 is 1.96 bits per heavy atom. The van der Waals surface area contributed by atoms with Crippen molar-refractivity contribution in [2.24, 2.45) is 0 Å². The van der Waals surface area contributed by atoms with E-state index in [-0.39, 0.29) is 11.9 Å². The standard InChI is InChI=1S/C20H17N3O2S/c24-19(15-4-2-6-18(12-15)23-9-8-21-20(23)25)22-17-5-1-3-14(11-17)16-7-10-26-13-16/h1-7,10-13H,8-9H2,(H,21,25)(H,22,24). The van der Waals surface area contributed by atoms with E-state index in [1.165, 1.54) is 0 Å². The second-order valence-electron chi connectivity index (χ2n) is 5.98. The SMILES string of the molecule is O=C(Nc1cccc(-c2ccsc2)c1)c1cccc(N2CCNC2=O)c1. The predicted octanol–water partition coefficient (Wildman–Crippen LogP) is 4.20. The molecule has 0 bridgehead atoms. The molecular weight excluding hydrogens is 346 g/mol. The zero-order chi connectivity index (χ0) is 17.9. The lowest BCUT2D eigenvalue weighted by molar-refractivity contribution is 0.102. The minimum atomic E-state index is -0.200. The zero-order valence-corrected chi connectivity index (χ0v) is 14.8. The van der Waals surface area contributed by atoms with Crippen LogP contribution >= 0.6 is 11.3 Å². The quantitative estimate of drug-likeness (QED) is 0.730. The Hall–Kier alpha value is -3.12. The molecule has 1 aromatic heterocycles. The number of carbonyl (C=O) groups is 2. The van der Waals surface area contributed by atoms with Crippen molar-refractivity contribution >= 4 is 34.6 Å². The van der Waals surface area contributed by atoms with Crippen LogP contribution in [0.4, 0.5) is 16.2 Å². The van der Waals surface area contributed by atoms with Crippen LogP contribution in [0.15, 0.2) is 65.4 Å². The molecule has 1 saturated heterocycles. The number of nitrogens with one attached hydrogen (secondary N) is 2. The van der Waals surface area contributed by atoms with Gasteiger partial charge in [-0.15, -0.1) is 0 Å². The van der Waals surface area contributed by atoms with E-state index in [0.29, 0.717) is 18.7 Å². The lowest BCUT2D eigenvalue weighted by Crippen LogP contribution is -2.27. The van der Waals surface area contributed by atoms with Crippen LogP contribution in [-0.2, 0) is 0 Å².